The minimum atomic E-state index is -1.47. The largest absolute Gasteiger partial charge is 0.203 e. The van der Waals surface area contributed by atoms with Crippen LogP contribution in [-0.4, -0.2) is 0 Å². The fraction of sp³-hybridized carbons (Fsp3) is 0.125. The number of rotatable bonds is 4. The van der Waals surface area contributed by atoms with Gasteiger partial charge in [0.25, 0.3) is 0 Å². The minimum Gasteiger partial charge on any atom is -0.203 e. The monoisotopic (exact) mass is 808 g/mol. The van der Waals surface area contributed by atoms with Crippen molar-refractivity contribution < 1.29 is 35.1 Å². The topological polar surface area (TPSA) is 0 Å². The van der Waals surface area contributed by atoms with E-state index < -0.39 is 75.6 Å². The summed E-state index contributed by atoms with van der Waals surface area (Å²) < 4.78 is 113. The third kappa shape index (κ3) is 4.97. The molecule has 0 radical (unpaired) electrons. The van der Waals surface area contributed by atoms with Crippen LogP contribution in [0.25, 0.3) is 22.3 Å². The smallest absolute Gasteiger partial charge is 0.175 e. The Labute approximate surface area is 263 Å². The standard InChI is InChI=1S/C32H18F8I2/c1-31(17-7-3-15(4-8-17)19-21(33)25(37)29(41)26(38)22(19)34)11-13-32(2,14-12-31)18-9-5-16(6-10-18)20-23(35)27(39)30(42)28(40)24(20)36/h3-14H,1-2H3. The van der Waals surface area contributed by atoms with Gasteiger partial charge in [-0.3, -0.25) is 0 Å². The highest BCUT2D eigenvalue weighted by Crippen LogP contribution is 2.41. The molecule has 0 fully saturated rings. The fourth-order valence-corrected chi connectivity index (χ4v) is 5.84. The van der Waals surface area contributed by atoms with Crippen molar-refractivity contribution in [3.8, 4) is 22.3 Å². The summed E-state index contributed by atoms with van der Waals surface area (Å²) in [5, 5.41) is 0. The Hall–Kier alpha value is -2.74. The summed E-state index contributed by atoms with van der Waals surface area (Å²) in [6, 6.07) is 12.0. The molecule has 0 spiro atoms. The van der Waals surface area contributed by atoms with Crippen molar-refractivity contribution in [3.63, 3.8) is 0 Å². The average molecular weight is 808 g/mol. The number of hydrogen-bond donors (Lipinski definition) is 0. The molecule has 1 aliphatic carbocycles. The first kappa shape index (κ1) is 30.7. The number of hydrogen-bond acceptors (Lipinski definition) is 0. The number of benzene rings is 4. The van der Waals surface area contributed by atoms with Gasteiger partial charge in [-0.25, -0.2) is 35.1 Å². The van der Waals surface area contributed by atoms with Gasteiger partial charge in [0.15, 0.2) is 46.5 Å². The van der Waals surface area contributed by atoms with Crippen LogP contribution in [0, 0.1) is 53.7 Å². The molecule has 0 nitrogen and oxygen atoms in total. The molecule has 0 amide bonds. The first-order valence-corrected chi connectivity index (χ1v) is 14.5. The van der Waals surface area contributed by atoms with Crippen LogP contribution >= 0.6 is 45.2 Å². The molecule has 0 bridgehead atoms. The first-order valence-electron chi connectivity index (χ1n) is 12.4. The molecular weight excluding hydrogens is 790 g/mol. The van der Waals surface area contributed by atoms with Crippen LogP contribution in [-0.2, 0) is 10.8 Å². The lowest BCUT2D eigenvalue weighted by Crippen LogP contribution is -2.26. The van der Waals surface area contributed by atoms with Gasteiger partial charge in [-0.15, -0.1) is 0 Å². The number of halogens is 10. The Bertz CT molecular complexity index is 1590. The van der Waals surface area contributed by atoms with Crippen molar-refractivity contribution in [3.05, 3.63) is 138 Å². The van der Waals surface area contributed by atoms with Gasteiger partial charge >= 0.3 is 0 Å². The highest BCUT2D eigenvalue weighted by molar-refractivity contribution is 14.1. The quantitative estimate of drug-likeness (QED) is 0.0634. The molecule has 0 aromatic heterocycles. The highest BCUT2D eigenvalue weighted by atomic mass is 127. The van der Waals surface area contributed by atoms with Crippen LogP contribution in [0.4, 0.5) is 35.1 Å². The summed E-state index contributed by atoms with van der Waals surface area (Å²) in [6.07, 6.45) is 7.63. The van der Waals surface area contributed by atoms with Gasteiger partial charge in [0.05, 0.1) is 18.3 Å². The van der Waals surface area contributed by atoms with E-state index in [4.69, 9.17) is 0 Å². The summed E-state index contributed by atoms with van der Waals surface area (Å²) >= 11 is 2.41. The molecule has 4 aromatic carbocycles. The van der Waals surface area contributed by atoms with E-state index in [1.54, 1.807) is 24.3 Å². The Morgan fingerprint density at radius 2 is 0.643 bits per heavy atom. The van der Waals surface area contributed by atoms with E-state index in [1.165, 1.54) is 69.4 Å². The predicted octanol–water partition coefficient (Wildman–Crippen LogP) is 10.7. The van der Waals surface area contributed by atoms with E-state index in [0.717, 1.165) is 11.1 Å². The third-order valence-electron chi connectivity index (χ3n) is 7.56. The average Bonchev–Trinajstić information content (AvgIpc) is 2.99. The summed E-state index contributed by atoms with van der Waals surface area (Å²) in [5.74, 6) is -11.7. The molecule has 0 saturated carbocycles. The minimum absolute atomic E-state index is 0.0268. The Balaban J connectivity index is 1.42. The van der Waals surface area contributed by atoms with E-state index in [2.05, 4.69) is 0 Å². The lowest BCUT2D eigenvalue weighted by Gasteiger charge is -2.33. The zero-order valence-electron chi connectivity index (χ0n) is 21.7. The Kier molecular flexibility index (Phi) is 8.10. The third-order valence-corrected chi connectivity index (χ3v) is 9.46. The van der Waals surface area contributed by atoms with Gasteiger partial charge in [-0.2, -0.15) is 0 Å². The molecule has 216 valence electrons. The van der Waals surface area contributed by atoms with Crippen LogP contribution in [0.1, 0.15) is 25.0 Å². The second-order valence-electron chi connectivity index (χ2n) is 10.3. The zero-order chi connectivity index (χ0) is 30.7. The molecule has 1 aliphatic rings. The van der Waals surface area contributed by atoms with Crippen molar-refractivity contribution in [1.29, 1.82) is 0 Å². The van der Waals surface area contributed by atoms with E-state index in [-0.39, 0.29) is 11.1 Å². The van der Waals surface area contributed by atoms with Crippen LogP contribution in [0.2, 0.25) is 0 Å². The summed E-state index contributed by atoms with van der Waals surface area (Å²) in [7, 11) is 0. The Morgan fingerprint density at radius 3 is 0.881 bits per heavy atom. The van der Waals surface area contributed by atoms with Crippen LogP contribution in [0.15, 0.2) is 72.8 Å². The molecule has 0 N–H and O–H groups in total. The molecular formula is C32H18F8I2. The molecule has 4 aromatic rings. The van der Waals surface area contributed by atoms with Crippen molar-refractivity contribution in [2.24, 2.45) is 0 Å². The molecule has 5 rings (SSSR count). The van der Waals surface area contributed by atoms with Crippen LogP contribution in [0.5, 0.6) is 0 Å². The fourth-order valence-electron chi connectivity index (χ4n) is 4.90. The van der Waals surface area contributed by atoms with Crippen LogP contribution in [0.3, 0.4) is 0 Å². The lowest BCUT2D eigenvalue weighted by atomic mass is 9.70. The van der Waals surface area contributed by atoms with Gasteiger partial charge in [0, 0.05) is 10.8 Å². The first-order chi connectivity index (χ1) is 19.7. The van der Waals surface area contributed by atoms with E-state index >= 15 is 0 Å². The molecule has 0 heterocycles. The van der Waals surface area contributed by atoms with Gasteiger partial charge in [-0.05, 0) is 81.3 Å². The van der Waals surface area contributed by atoms with Crippen LogP contribution < -0.4 is 0 Å². The summed E-state index contributed by atoms with van der Waals surface area (Å²) in [4.78, 5) is 0. The molecule has 10 heteroatoms. The zero-order valence-corrected chi connectivity index (χ0v) is 26.0. The van der Waals surface area contributed by atoms with Crippen molar-refractivity contribution in [1.82, 2.24) is 0 Å². The second kappa shape index (κ2) is 11.1. The number of allylic oxidation sites excluding steroid dienone is 4. The second-order valence-corrected chi connectivity index (χ2v) is 12.4. The Morgan fingerprint density at radius 1 is 0.405 bits per heavy atom. The lowest BCUT2D eigenvalue weighted by molar-refractivity contribution is 0.450. The summed E-state index contributed by atoms with van der Waals surface area (Å²) in [6.45, 7) is 3.79. The van der Waals surface area contributed by atoms with Gasteiger partial charge in [0.2, 0.25) is 0 Å². The van der Waals surface area contributed by atoms with E-state index in [1.807, 2.05) is 38.2 Å². The summed E-state index contributed by atoms with van der Waals surface area (Å²) in [5.41, 5.74) is -1.47. The maximum absolute atomic E-state index is 14.5. The highest BCUT2D eigenvalue weighted by Gasteiger charge is 2.32. The molecule has 0 aliphatic heterocycles. The molecule has 0 unspecified atom stereocenters. The maximum atomic E-state index is 14.5. The van der Waals surface area contributed by atoms with Gasteiger partial charge < -0.3 is 0 Å². The molecule has 0 atom stereocenters. The SMILES string of the molecule is CC1(c2ccc(-c3c(F)c(F)c(I)c(F)c3F)cc2)C=CC(C)(c2ccc(-c3c(F)c(F)c(I)c(F)c3F)cc2)C=C1. The molecule has 0 saturated heterocycles. The van der Waals surface area contributed by atoms with Crippen molar-refractivity contribution in [2.45, 2.75) is 24.7 Å². The normalized spacial score (nSPS) is 19.9. The van der Waals surface area contributed by atoms with E-state index in [0.29, 0.717) is 0 Å². The predicted molar refractivity (Wildman–Crippen MR) is 162 cm³/mol. The van der Waals surface area contributed by atoms with Crippen molar-refractivity contribution >= 4 is 45.2 Å². The molecule has 42 heavy (non-hydrogen) atoms. The van der Waals surface area contributed by atoms with Gasteiger partial charge in [0.1, 0.15) is 0 Å². The van der Waals surface area contributed by atoms with Gasteiger partial charge in [-0.1, -0.05) is 72.8 Å². The van der Waals surface area contributed by atoms with Crippen molar-refractivity contribution in [2.75, 3.05) is 0 Å². The maximum Gasteiger partial charge on any atom is 0.175 e. The van der Waals surface area contributed by atoms with E-state index in [9.17, 15) is 35.1 Å².